The van der Waals surface area contributed by atoms with E-state index in [-0.39, 0.29) is 10.4 Å². The molecular weight excluding hydrogens is 306 g/mol. The summed E-state index contributed by atoms with van der Waals surface area (Å²) in [6.07, 6.45) is 1.23. The number of alkyl halides is 1. The number of benzene rings is 1. The third-order valence-electron chi connectivity index (χ3n) is 2.88. The van der Waals surface area contributed by atoms with Crippen LogP contribution in [0.5, 0.6) is 0 Å². The maximum absolute atomic E-state index is 13.7. The first-order valence-corrected chi connectivity index (χ1v) is 6.62. The van der Waals surface area contributed by atoms with Crippen LogP contribution in [0.15, 0.2) is 23.0 Å². The van der Waals surface area contributed by atoms with Gasteiger partial charge in [-0.05, 0) is 13.0 Å². The van der Waals surface area contributed by atoms with Gasteiger partial charge in [0.2, 0.25) is 6.39 Å². The van der Waals surface area contributed by atoms with Crippen LogP contribution in [0.1, 0.15) is 23.9 Å². The molecule has 5 nitrogen and oxygen atoms in total. The Morgan fingerprint density at radius 3 is 2.90 bits per heavy atom. The van der Waals surface area contributed by atoms with Crippen LogP contribution in [0.4, 0.5) is 4.39 Å². The van der Waals surface area contributed by atoms with Crippen molar-refractivity contribution < 1.29 is 8.91 Å². The molecule has 1 aromatic carbocycles. The first-order valence-electron chi connectivity index (χ1n) is 5.80. The van der Waals surface area contributed by atoms with Gasteiger partial charge in [0, 0.05) is 6.07 Å². The van der Waals surface area contributed by atoms with Crippen molar-refractivity contribution in [1.29, 1.82) is 0 Å². The number of hydrogen-bond acceptors (Lipinski definition) is 4. The van der Waals surface area contributed by atoms with Crippen molar-refractivity contribution in [3.05, 3.63) is 41.0 Å². The SMILES string of the molecule is CC(Cl)c1nc2cc(Cl)c(F)cc2n1Cc1ncon1. The monoisotopic (exact) mass is 314 g/mol. The van der Waals surface area contributed by atoms with Crippen LogP contribution in [0, 0.1) is 5.82 Å². The second-order valence-corrected chi connectivity index (χ2v) is 5.34. The summed E-state index contributed by atoms with van der Waals surface area (Å²) in [5.41, 5.74) is 1.15. The predicted octanol–water partition coefficient (Wildman–Crippen LogP) is 3.56. The Morgan fingerprint density at radius 1 is 1.45 bits per heavy atom. The van der Waals surface area contributed by atoms with Gasteiger partial charge in [-0.2, -0.15) is 4.98 Å². The predicted molar refractivity (Wildman–Crippen MR) is 72.4 cm³/mol. The number of hydrogen-bond donors (Lipinski definition) is 0. The minimum Gasteiger partial charge on any atom is -0.343 e. The molecule has 0 bridgehead atoms. The maximum Gasteiger partial charge on any atom is 0.213 e. The third-order valence-corrected chi connectivity index (χ3v) is 3.37. The lowest BCUT2D eigenvalue weighted by Crippen LogP contribution is -2.07. The van der Waals surface area contributed by atoms with E-state index in [1.807, 2.05) is 0 Å². The number of nitrogens with zero attached hydrogens (tertiary/aromatic N) is 4. The molecule has 0 N–H and O–H groups in total. The van der Waals surface area contributed by atoms with Crippen LogP contribution in [0.2, 0.25) is 5.02 Å². The van der Waals surface area contributed by atoms with Crippen LogP contribution >= 0.6 is 23.2 Å². The third kappa shape index (κ3) is 2.25. The summed E-state index contributed by atoms with van der Waals surface area (Å²) >= 11 is 11.9. The van der Waals surface area contributed by atoms with E-state index in [9.17, 15) is 4.39 Å². The highest BCUT2D eigenvalue weighted by atomic mass is 35.5. The highest BCUT2D eigenvalue weighted by molar-refractivity contribution is 6.31. The van der Waals surface area contributed by atoms with Crippen LogP contribution in [-0.4, -0.2) is 19.7 Å². The normalized spacial score (nSPS) is 13.0. The molecule has 0 saturated carbocycles. The Bertz CT molecular complexity index is 754. The first kappa shape index (κ1) is 13.3. The zero-order valence-corrected chi connectivity index (χ0v) is 11.9. The molecular formula is C12H9Cl2FN4O. The molecule has 0 aliphatic carbocycles. The molecule has 20 heavy (non-hydrogen) atoms. The second kappa shape index (κ2) is 5.03. The van der Waals surface area contributed by atoms with Crippen LogP contribution in [0.25, 0.3) is 11.0 Å². The van der Waals surface area contributed by atoms with E-state index in [1.54, 1.807) is 11.5 Å². The zero-order valence-electron chi connectivity index (χ0n) is 10.3. The molecule has 1 unspecified atom stereocenters. The molecule has 0 radical (unpaired) electrons. The molecule has 8 heteroatoms. The molecule has 3 rings (SSSR count). The van der Waals surface area contributed by atoms with Gasteiger partial charge in [0.25, 0.3) is 0 Å². The zero-order chi connectivity index (χ0) is 14.3. The fraction of sp³-hybridized carbons (Fsp3) is 0.250. The molecule has 0 fully saturated rings. The Balaban J connectivity index is 2.20. The van der Waals surface area contributed by atoms with Gasteiger partial charge < -0.3 is 9.09 Å². The van der Waals surface area contributed by atoms with Crippen molar-refractivity contribution in [2.45, 2.75) is 18.8 Å². The molecule has 0 aliphatic heterocycles. The molecule has 0 amide bonds. The fourth-order valence-corrected chi connectivity index (χ4v) is 2.34. The van der Waals surface area contributed by atoms with Gasteiger partial charge in [-0.1, -0.05) is 16.8 Å². The van der Waals surface area contributed by atoms with E-state index in [0.717, 1.165) is 0 Å². The van der Waals surface area contributed by atoms with Crippen LogP contribution < -0.4 is 0 Å². The van der Waals surface area contributed by atoms with Gasteiger partial charge in [0.05, 0.1) is 28.0 Å². The molecule has 2 heterocycles. The molecule has 0 saturated heterocycles. The number of aromatic nitrogens is 4. The van der Waals surface area contributed by atoms with Crippen LogP contribution in [-0.2, 0) is 6.54 Å². The molecule has 1 atom stereocenters. The fourth-order valence-electron chi connectivity index (χ4n) is 2.01. The summed E-state index contributed by atoms with van der Waals surface area (Å²) in [7, 11) is 0. The molecule has 0 aliphatic rings. The summed E-state index contributed by atoms with van der Waals surface area (Å²) in [5.74, 6) is 0.536. The summed E-state index contributed by atoms with van der Waals surface area (Å²) in [4.78, 5) is 8.34. The average molecular weight is 315 g/mol. The molecule has 2 aromatic heterocycles. The number of rotatable bonds is 3. The molecule has 3 aromatic rings. The van der Waals surface area contributed by atoms with Crippen molar-refractivity contribution in [2.75, 3.05) is 0 Å². The smallest absolute Gasteiger partial charge is 0.213 e. The Labute approximate surface area is 123 Å². The lowest BCUT2D eigenvalue weighted by Gasteiger charge is -2.08. The van der Waals surface area contributed by atoms with Gasteiger partial charge in [-0.3, -0.25) is 0 Å². The van der Waals surface area contributed by atoms with E-state index in [0.29, 0.717) is 29.2 Å². The number of halogens is 3. The lowest BCUT2D eigenvalue weighted by molar-refractivity contribution is 0.408. The highest BCUT2D eigenvalue weighted by Crippen LogP contribution is 2.28. The van der Waals surface area contributed by atoms with Crippen LogP contribution in [0.3, 0.4) is 0 Å². The van der Waals surface area contributed by atoms with Gasteiger partial charge in [-0.25, -0.2) is 9.37 Å². The van der Waals surface area contributed by atoms with Gasteiger partial charge in [0.15, 0.2) is 5.82 Å². The second-order valence-electron chi connectivity index (χ2n) is 4.27. The van der Waals surface area contributed by atoms with E-state index >= 15 is 0 Å². The van der Waals surface area contributed by atoms with E-state index in [4.69, 9.17) is 27.7 Å². The van der Waals surface area contributed by atoms with E-state index in [2.05, 4.69) is 15.1 Å². The highest BCUT2D eigenvalue weighted by Gasteiger charge is 2.18. The van der Waals surface area contributed by atoms with E-state index < -0.39 is 5.82 Å². The van der Waals surface area contributed by atoms with Gasteiger partial charge in [-0.15, -0.1) is 11.6 Å². The Hall–Kier alpha value is -1.66. The minimum atomic E-state index is -0.512. The quantitative estimate of drug-likeness (QED) is 0.694. The number of imidazole rings is 1. The topological polar surface area (TPSA) is 56.7 Å². The standard InChI is InChI=1S/C12H9Cl2FN4O/c1-6(13)12-17-9-2-7(14)8(15)3-10(9)19(12)4-11-16-5-20-18-11/h2-3,5-6H,4H2,1H3. The average Bonchev–Trinajstić information content (AvgIpc) is 3.00. The summed E-state index contributed by atoms with van der Waals surface area (Å²) in [6.45, 7) is 2.08. The summed E-state index contributed by atoms with van der Waals surface area (Å²) in [5, 5.41) is 3.41. The molecule has 0 spiro atoms. The molecule has 104 valence electrons. The van der Waals surface area contributed by atoms with Crippen molar-refractivity contribution in [3.8, 4) is 0 Å². The minimum absolute atomic E-state index is 0.0236. The van der Waals surface area contributed by atoms with E-state index in [1.165, 1.54) is 18.5 Å². The lowest BCUT2D eigenvalue weighted by atomic mass is 10.3. The first-order chi connectivity index (χ1) is 9.56. The summed E-state index contributed by atoms with van der Waals surface area (Å²) < 4.78 is 20.1. The van der Waals surface area contributed by atoms with Crippen molar-refractivity contribution >= 4 is 34.2 Å². The number of fused-ring (bicyclic) bond motifs is 1. The largest absolute Gasteiger partial charge is 0.343 e. The van der Waals surface area contributed by atoms with Crippen molar-refractivity contribution in [3.63, 3.8) is 0 Å². The maximum atomic E-state index is 13.7. The van der Waals surface area contributed by atoms with Gasteiger partial charge in [0.1, 0.15) is 11.6 Å². The van der Waals surface area contributed by atoms with Crippen molar-refractivity contribution in [1.82, 2.24) is 19.7 Å². The summed E-state index contributed by atoms with van der Waals surface area (Å²) in [6, 6.07) is 2.80. The van der Waals surface area contributed by atoms with Gasteiger partial charge >= 0.3 is 0 Å². The Morgan fingerprint density at radius 2 is 2.25 bits per heavy atom. The Kier molecular flexibility index (Phi) is 3.35. The van der Waals surface area contributed by atoms with Crippen molar-refractivity contribution in [2.24, 2.45) is 0 Å².